The van der Waals surface area contributed by atoms with Crippen molar-refractivity contribution in [2.45, 2.75) is 11.7 Å². The Morgan fingerprint density at radius 2 is 2.04 bits per heavy atom. The number of hydrogen-bond acceptors (Lipinski definition) is 6. The van der Waals surface area contributed by atoms with Gasteiger partial charge in [-0.1, -0.05) is 18.2 Å². The Hall–Kier alpha value is -2.35. The SMILES string of the molecule is O=C(NC[C@@](O)(c1ccsc1)c1cccs1)[C@@H]1COc2ccccc2O1. The van der Waals surface area contributed by atoms with Crippen molar-refractivity contribution in [1.29, 1.82) is 0 Å². The van der Waals surface area contributed by atoms with Gasteiger partial charge < -0.3 is 19.9 Å². The average molecular weight is 387 g/mol. The van der Waals surface area contributed by atoms with Gasteiger partial charge in [0.25, 0.3) is 5.91 Å². The number of fused-ring (bicyclic) bond motifs is 1. The molecule has 0 radical (unpaired) electrons. The summed E-state index contributed by atoms with van der Waals surface area (Å²) in [7, 11) is 0. The Kier molecular flexibility index (Phi) is 4.67. The summed E-state index contributed by atoms with van der Waals surface area (Å²) in [5.41, 5.74) is -0.506. The van der Waals surface area contributed by atoms with Crippen LogP contribution < -0.4 is 14.8 Å². The number of hydrogen-bond donors (Lipinski definition) is 2. The van der Waals surface area contributed by atoms with E-state index >= 15 is 0 Å². The van der Waals surface area contributed by atoms with Crippen molar-refractivity contribution in [2.24, 2.45) is 0 Å². The number of ether oxygens (including phenoxy) is 2. The molecule has 0 aliphatic carbocycles. The molecule has 4 rings (SSSR count). The van der Waals surface area contributed by atoms with Gasteiger partial charge in [-0.3, -0.25) is 4.79 Å². The average Bonchev–Trinajstić information content (AvgIpc) is 3.39. The third kappa shape index (κ3) is 3.21. The number of thiophene rings is 2. The van der Waals surface area contributed by atoms with Crippen LogP contribution in [0.15, 0.2) is 58.6 Å². The third-order valence-corrected chi connectivity index (χ3v) is 5.95. The molecular formula is C19H17NO4S2. The van der Waals surface area contributed by atoms with E-state index in [1.54, 1.807) is 12.1 Å². The van der Waals surface area contributed by atoms with Gasteiger partial charge in [-0.15, -0.1) is 11.3 Å². The highest BCUT2D eigenvalue weighted by atomic mass is 32.1. The predicted octanol–water partition coefficient (Wildman–Crippen LogP) is 3.00. The number of carbonyl (C=O) groups is 1. The molecule has 26 heavy (non-hydrogen) atoms. The maximum absolute atomic E-state index is 12.6. The summed E-state index contributed by atoms with van der Waals surface area (Å²) in [4.78, 5) is 13.4. The molecule has 0 spiro atoms. The topological polar surface area (TPSA) is 67.8 Å². The van der Waals surface area contributed by atoms with Crippen molar-refractivity contribution < 1.29 is 19.4 Å². The van der Waals surface area contributed by atoms with E-state index in [1.807, 2.05) is 46.5 Å². The van der Waals surface area contributed by atoms with E-state index in [1.165, 1.54) is 22.7 Å². The number of carbonyl (C=O) groups excluding carboxylic acids is 1. The quantitative estimate of drug-likeness (QED) is 0.706. The van der Waals surface area contributed by atoms with Crippen LogP contribution in [0.25, 0.3) is 0 Å². The minimum absolute atomic E-state index is 0.0601. The summed E-state index contributed by atoms with van der Waals surface area (Å²) in [5.74, 6) is 0.861. The highest BCUT2D eigenvalue weighted by Crippen LogP contribution is 2.34. The van der Waals surface area contributed by atoms with Gasteiger partial charge in [0.1, 0.15) is 12.2 Å². The van der Waals surface area contributed by atoms with Gasteiger partial charge in [0.15, 0.2) is 11.5 Å². The largest absolute Gasteiger partial charge is 0.485 e. The lowest BCUT2D eigenvalue weighted by atomic mass is 9.94. The normalized spacial score (nSPS) is 18.1. The second kappa shape index (κ2) is 7.11. The number of amides is 1. The molecule has 3 aromatic rings. The number of aliphatic hydroxyl groups is 1. The van der Waals surface area contributed by atoms with Gasteiger partial charge in [0.2, 0.25) is 6.10 Å². The standard InChI is InChI=1S/C19H17NO4S2/c21-18(16-10-23-14-4-1-2-5-15(14)24-16)20-12-19(22,13-7-9-25-11-13)17-6-3-8-26-17/h1-9,11,16,22H,10,12H2,(H,20,21)/t16-,19+/m0/s1. The first-order valence-electron chi connectivity index (χ1n) is 8.12. The molecule has 3 heterocycles. The lowest BCUT2D eigenvalue weighted by Gasteiger charge is -2.29. The highest BCUT2D eigenvalue weighted by Gasteiger charge is 2.35. The minimum atomic E-state index is -1.27. The molecular weight excluding hydrogens is 370 g/mol. The van der Waals surface area contributed by atoms with Crippen molar-refractivity contribution in [3.05, 3.63) is 69.0 Å². The molecule has 2 aromatic heterocycles. The van der Waals surface area contributed by atoms with E-state index in [0.717, 1.165) is 10.4 Å². The fourth-order valence-electron chi connectivity index (χ4n) is 2.82. The molecule has 0 saturated carbocycles. The van der Waals surface area contributed by atoms with Gasteiger partial charge >= 0.3 is 0 Å². The van der Waals surface area contributed by atoms with Crippen molar-refractivity contribution in [2.75, 3.05) is 13.2 Å². The van der Waals surface area contributed by atoms with Crippen LogP contribution in [0.5, 0.6) is 11.5 Å². The summed E-state index contributed by atoms with van der Waals surface area (Å²) in [6, 6.07) is 12.9. The zero-order valence-electron chi connectivity index (χ0n) is 13.8. The van der Waals surface area contributed by atoms with Crippen molar-refractivity contribution in [3.63, 3.8) is 0 Å². The number of para-hydroxylation sites is 2. The predicted molar refractivity (Wildman–Crippen MR) is 101 cm³/mol. The fourth-order valence-corrected chi connectivity index (χ4v) is 4.39. The van der Waals surface area contributed by atoms with Crippen LogP contribution >= 0.6 is 22.7 Å². The molecule has 2 N–H and O–H groups in total. The molecule has 1 aromatic carbocycles. The summed E-state index contributed by atoms with van der Waals surface area (Å²) in [6.07, 6.45) is -0.750. The molecule has 1 aliphatic heterocycles. The van der Waals surface area contributed by atoms with E-state index < -0.39 is 11.7 Å². The minimum Gasteiger partial charge on any atom is -0.485 e. The summed E-state index contributed by atoms with van der Waals surface area (Å²) in [5, 5.41) is 19.8. The molecule has 1 amide bonds. The van der Waals surface area contributed by atoms with E-state index in [-0.39, 0.29) is 19.1 Å². The van der Waals surface area contributed by atoms with Gasteiger partial charge in [-0.05, 0) is 40.4 Å². The second-order valence-electron chi connectivity index (χ2n) is 5.93. The smallest absolute Gasteiger partial charge is 0.264 e. The van der Waals surface area contributed by atoms with E-state index in [4.69, 9.17) is 9.47 Å². The molecule has 2 atom stereocenters. The Morgan fingerprint density at radius 3 is 2.77 bits per heavy atom. The first-order valence-corrected chi connectivity index (χ1v) is 9.94. The van der Waals surface area contributed by atoms with E-state index in [0.29, 0.717) is 11.5 Å². The molecule has 5 nitrogen and oxygen atoms in total. The van der Waals surface area contributed by atoms with Gasteiger partial charge in [0, 0.05) is 10.4 Å². The zero-order chi connectivity index (χ0) is 18.0. The lowest BCUT2D eigenvalue weighted by molar-refractivity contribution is -0.131. The monoisotopic (exact) mass is 387 g/mol. The van der Waals surface area contributed by atoms with Crippen LogP contribution in [0, 0.1) is 0 Å². The fraction of sp³-hybridized carbons (Fsp3) is 0.211. The summed E-state index contributed by atoms with van der Waals surface area (Å²) < 4.78 is 11.3. The highest BCUT2D eigenvalue weighted by molar-refractivity contribution is 7.10. The van der Waals surface area contributed by atoms with Crippen LogP contribution in [-0.4, -0.2) is 30.3 Å². The van der Waals surface area contributed by atoms with Gasteiger partial charge in [0.05, 0.1) is 6.54 Å². The van der Waals surface area contributed by atoms with Crippen molar-refractivity contribution in [1.82, 2.24) is 5.32 Å². The number of nitrogens with one attached hydrogen (secondary N) is 1. The maximum Gasteiger partial charge on any atom is 0.264 e. The van der Waals surface area contributed by atoms with Gasteiger partial charge in [-0.2, -0.15) is 11.3 Å². The Morgan fingerprint density at radius 1 is 1.19 bits per heavy atom. The first kappa shape index (κ1) is 17.1. The number of benzene rings is 1. The zero-order valence-corrected chi connectivity index (χ0v) is 15.4. The Labute approximate surface area is 158 Å². The second-order valence-corrected chi connectivity index (χ2v) is 7.66. The first-order chi connectivity index (χ1) is 12.7. The Balaban J connectivity index is 1.48. The van der Waals surface area contributed by atoms with Crippen LogP contribution in [0.1, 0.15) is 10.4 Å². The van der Waals surface area contributed by atoms with Gasteiger partial charge in [-0.25, -0.2) is 0 Å². The van der Waals surface area contributed by atoms with Crippen LogP contribution in [0.4, 0.5) is 0 Å². The van der Waals surface area contributed by atoms with Crippen LogP contribution in [0.3, 0.4) is 0 Å². The van der Waals surface area contributed by atoms with E-state index in [9.17, 15) is 9.90 Å². The molecule has 7 heteroatoms. The summed E-state index contributed by atoms with van der Waals surface area (Å²) in [6.45, 7) is 0.198. The molecule has 0 saturated heterocycles. The summed E-state index contributed by atoms with van der Waals surface area (Å²) >= 11 is 2.96. The molecule has 1 aliphatic rings. The third-order valence-electron chi connectivity index (χ3n) is 4.25. The maximum atomic E-state index is 12.6. The molecule has 0 unspecified atom stereocenters. The van der Waals surface area contributed by atoms with Crippen molar-refractivity contribution in [3.8, 4) is 11.5 Å². The molecule has 0 bridgehead atoms. The molecule has 134 valence electrons. The Bertz CT molecular complexity index is 843. The van der Waals surface area contributed by atoms with Crippen LogP contribution in [-0.2, 0) is 10.4 Å². The lowest BCUT2D eigenvalue weighted by Crippen LogP contribution is -2.48. The van der Waals surface area contributed by atoms with Crippen molar-refractivity contribution >= 4 is 28.6 Å². The van der Waals surface area contributed by atoms with Crippen LogP contribution in [0.2, 0.25) is 0 Å². The number of rotatable bonds is 5. The van der Waals surface area contributed by atoms with E-state index in [2.05, 4.69) is 5.32 Å². The molecule has 0 fully saturated rings.